The van der Waals surface area contributed by atoms with Gasteiger partial charge in [0.15, 0.2) is 5.82 Å². The summed E-state index contributed by atoms with van der Waals surface area (Å²) in [6, 6.07) is 0. The molecule has 2 N–H and O–H groups in total. The fourth-order valence-electron chi connectivity index (χ4n) is 0.263. The summed E-state index contributed by atoms with van der Waals surface area (Å²) in [5.74, 6) is 0.140. The van der Waals surface area contributed by atoms with E-state index in [1.54, 1.807) is 0 Å². The van der Waals surface area contributed by atoms with E-state index in [0.29, 0.717) is 4.60 Å². The van der Waals surface area contributed by atoms with Gasteiger partial charge in [0.1, 0.15) is 4.60 Å². The number of aromatic nitrogens is 2. The number of hydrogen-bond acceptors (Lipinski definition) is 3. The fourth-order valence-corrected chi connectivity index (χ4v) is 0.440. The normalized spacial score (nSPS) is 12.6. The van der Waals surface area contributed by atoms with Crippen molar-refractivity contribution in [2.24, 2.45) is 0 Å². The number of hydrogen-bond donors (Lipinski definition) is 1. The standard InChI is InChI=1S/C4H4BrN3/c5-3-4(6)8-2-1-7-3/h1-2H,(H2,6,8)/i1D,2D. The van der Waals surface area contributed by atoms with Crippen LogP contribution in [-0.4, -0.2) is 9.97 Å². The van der Waals surface area contributed by atoms with Crippen LogP contribution in [-0.2, 0) is 0 Å². The maximum absolute atomic E-state index is 7.01. The summed E-state index contributed by atoms with van der Waals surface area (Å²) in [4.78, 5) is 7.10. The largest absolute Gasteiger partial charge is 0.381 e. The van der Waals surface area contributed by atoms with Gasteiger partial charge in [-0.1, -0.05) is 0 Å². The highest BCUT2D eigenvalue weighted by molar-refractivity contribution is 9.10. The molecule has 0 atom stereocenters. The molecule has 4 heteroatoms. The Morgan fingerprint density at radius 3 is 2.88 bits per heavy atom. The fraction of sp³-hybridized carbons (Fsp3) is 0. The van der Waals surface area contributed by atoms with Crippen molar-refractivity contribution in [2.45, 2.75) is 0 Å². The van der Waals surface area contributed by atoms with E-state index in [0.717, 1.165) is 0 Å². The van der Waals surface area contributed by atoms with E-state index >= 15 is 0 Å². The van der Waals surface area contributed by atoms with Gasteiger partial charge in [-0.05, 0) is 15.9 Å². The molecule has 0 aliphatic carbocycles. The molecule has 0 saturated heterocycles. The van der Waals surface area contributed by atoms with Gasteiger partial charge in [0, 0.05) is 12.3 Å². The number of nitrogen functional groups attached to an aromatic ring is 1. The molecule has 0 aliphatic rings. The van der Waals surface area contributed by atoms with Crippen molar-refractivity contribution in [3.05, 3.63) is 16.9 Å². The second-order valence-electron chi connectivity index (χ2n) is 1.12. The zero-order valence-electron chi connectivity index (χ0n) is 5.85. The van der Waals surface area contributed by atoms with Gasteiger partial charge in [0.05, 0.1) is 2.74 Å². The summed E-state index contributed by atoms with van der Waals surface area (Å²) in [7, 11) is 0. The highest BCUT2D eigenvalue weighted by atomic mass is 79.9. The zero-order chi connectivity index (χ0) is 7.72. The van der Waals surface area contributed by atoms with E-state index in [2.05, 4.69) is 25.9 Å². The summed E-state index contributed by atoms with van der Waals surface area (Å²) in [5, 5.41) is 0. The van der Waals surface area contributed by atoms with Crippen molar-refractivity contribution < 1.29 is 2.74 Å². The molecular weight excluding hydrogens is 170 g/mol. The molecular formula is C4H4BrN3. The van der Waals surface area contributed by atoms with Gasteiger partial charge in [0.25, 0.3) is 0 Å². The summed E-state index contributed by atoms with van der Waals surface area (Å²) in [5.41, 5.74) is 5.27. The number of halogens is 1. The summed E-state index contributed by atoms with van der Waals surface area (Å²) < 4.78 is 14.3. The van der Waals surface area contributed by atoms with E-state index in [-0.39, 0.29) is 18.2 Å². The number of nitrogens with zero attached hydrogens (tertiary/aromatic N) is 2. The van der Waals surface area contributed by atoms with Crippen molar-refractivity contribution >= 4 is 21.7 Å². The minimum Gasteiger partial charge on any atom is -0.381 e. The third-order valence-electron chi connectivity index (χ3n) is 0.592. The molecule has 1 heterocycles. The Labute approximate surface area is 57.9 Å². The number of rotatable bonds is 0. The molecule has 0 fully saturated rings. The third kappa shape index (κ3) is 0.949. The third-order valence-corrected chi connectivity index (χ3v) is 1.18. The van der Waals surface area contributed by atoms with E-state index in [4.69, 9.17) is 8.48 Å². The first-order valence-electron chi connectivity index (χ1n) is 2.87. The van der Waals surface area contributed by atoms with Crippen LogP contribution in [0.15, 0.2) is 16.9 Å². The van der Waals surface area contributed by atoms with Gasteiger partial charge in [-0.15, -0.1) is 0 Å². The molecule has 42 valence electrons. The van der Waals surface area contributed by atoms with Crippen LogP contribution in [0.3, 0.4) is 0 Å². The Morgan fingerprint density at radius 1 is 1.62 bits per heavy atom. The minimum absolute atomic E-state index is 0.140. The monoisotopic (exact) mass is 175 g/mol. The Bertz CT molecular complexity index is 215. The van der Waals surface area contributed by atoms with Crippen molar-refractivity contribution in [3.63, 3.8) is 0 Å². The maximum Gasteiger partial charge on any atom is 0.156 e. The lowest BCUT2D eigenvalue weighted by Crippen LogP contribution is -1.91. The Kier molecular flexibility index (Phi) is 0.886. The molecule has 0 aliphatic heterocycles. The first-order chi connectivity index (χ1) is 4.61. The van der Waals surface area contributed by atoms with Crippen LogP contribution in [0.25, 0.3) is 0 Å². The summed E-state index contributed by atoms with van der Waals surface area (Å²) in [6.45, 7) is 0. The number of nitrogens with two attached hydrogens (primary N) is 1. The molecule has 0 amide bonds. The molecule has 8 heavy (non-hydrogen) atoms. The van der Waals surface area contributed by atoms with Crippen LogP contribution in [0.4, 0.5) is 5.82 Å². The van der Waals surface area contributed by atoms with Crippen LogP contribution < -0.4 is 5.73 Å². The molecule has 1 rings (SSSR count). The van der Waals surface area contributed by atoms with Crippen LogP contribution in [0.5, 0.6) is 0 Å². The van der Waals surface area contributed by atoms with Crippen molar-refractivity contribution in [1.82, 2.24) is 9.97 Å². The van der Waals surface area contributed by atoms with Gasteiger partial charge in [-0.3, -0.25) is 0 Å². The van der Waals surface area contributed by atoms with E-state index in [1.165, 1.54) is 0 Å². The summed E-state index contributed by atoms with van der Waals surface area (Å²) in [6.07, 6.45) is -0.387. The van der Waals surface area contributed by atoms with Gasteiger partial charge in [0.2, 0.25) is 0 Å². The molecule has 1 aromatic heterocycles. The predicted octanol–water partition coefficient (Wildman–Crippen LogP) is 0.821. The molecule has 0 saturated carbocycles. The van der Waals surface area contributed by atoms with Crippen LogP contribution in [0, 0.1) is 0 Å². The molecule has 0 unspecified atom stereocenters. The molecule has 1 aromatic rings. The van der Waals surface area contributed by atoms with Crippen molar-refractivity contribution in [1.29, 1.82) is 0 Å². The minimum atomic E-state index is -0.208. The lowest BCUT2D eigenvalue weighted by Gasteiger charge is -1.89. The highest BCUT2D eigenvalue weighted by Crippen LogP contribution is 2.09. The summed E-state index contributed by atoms with van der Waals surface area (Å²) >= 11 is 2.98. The molecule has 0 radical (unpaired) electrons. The first kappa shape index (κ1) is 3.40. The average molecular weight is 176 g/mol. The van der Waals surface area contributed by atoms with Crippen LogP contribution in [0.1, 0.15) is 2.74 Å². The van der Waals surface area contributed by atoms with Crippen LogP contribution >= 0.6 is 15.9 Å². The molecule has 0 spiro atoms. The average Bonchev–Trinajstić information content (AvgIpc) is 1.84. The van der Waals surface area contributed by atoms with Gasteiger partial charge in [-0.2, -0.15) is 0 Å². The van der Waals surface area contributed by atoms with Gasteiger partial charge < -0.3 is 5.73 Å². The Hall–Kier alpha value is -0.640. The maximum atomic E-state index is 7.01. The number of anilines is 1. The van der Waals surface area contributed by atoms with E-state index < -0.39 is 0 Å². The molecule has 3 nitrogen and oxygen atoms in total. The SMILES string of the molecule is [2H]c1nc(N)c(Br)nc1[2H]. The second kappa shape index (κ2) is 2.09. The Morgan fingerprint density at radius 2 is 2.25 bits per heavy atom. The van der Waals surface area contributed by atoms with Crippen molar-refractivity contribution in [3.8, 4) is 0 Å². The zero-order valence-corrected chi connectivity index (χ0v) is 5.44. The van der Waals surface area contributed by atoms with Gasteiger partial charge in [-0.25, -0.2) is 9.97 Å². The van der Waals surface area contributed by atoms with E-state index in [1.807, 2.05) is 0 Å². The highest BCUT2D eigenvalue weighted by Gasteiger charge is 1.90. The smallest absolute Gasteiger partial charge is 0.156 e. The topological polar surface area (TPSA) is 51.8 Å². The van der Waals surface area contributed by atoms with Gasteiger partial charge >= 0.3 is 0 Å². The molecule has 0 bridgehead atoms. The molecule has 0 aromatic carbocycles. The lowest BCUT2D eigenvalue weighted by atomic mass is 10.7. The quantitative estimate of drug-likeness (QED) is 0.636. The lowest BCUT2D eigenvalue weighted by molar-refractivity contribution is 1.18. The van der Waals surface area contributed by atoms with Crippen LogP contribution in [0.2, 0.25) is 0 Å². The second-order valence-corrected chi connectivity index (χ2v) is 1.87. The van der Waals surface area contributed by atoms with E-state index in [9.17, 15) is 0 Å². The van der Waals surface area contributed by atoms with Crippen molar-refractivity contribution in [2.75, 3.05) is 5.73 Å². The Balaban J connectivity index is 3.28. The first-order valence-corrected chi connectivity index (χ1v) is 2.67. The predicted molar refractivity (Wildman–Crippen MR) is 34.1 cm³/mol.